The number of phenolic OH excluding ortho intramolecular Hbond substituents is 1. The van der Waals surface area contributed by atoms with Crippen LogP contribution in [0.4, 0.5) is 0 Å². The Morgan fingerprint density at radius 1 is 1.00 bits per heavy atom. The molecule has 0 saturated heterocycles. The van der Waals surface area contributed by atoms with Crippen LogP contribution in [0.3, 0.4) is 0 Å². The number of amides is 1. The number of benzene rings is 3. The highest BCUT2D eigenvalue weighted by Crippen LogP contribution is 2.38. The molecule has 1 amide bonds. The number of nitrogens with one attached hydrogen (secondary N) is 1. The summed E-state index contributed by atoms with van der Waals surface area (Å²) in [6.45, 7) is 0. The number of carbonyl (C=O) groups excluding carboxylic acids is 1. The fourth-order valence-electron chi connectivity index (χ4n) is 2.81. The quantitative estimate of drug-likeness (QED) is 0.506. The van der Waals surface area contributed by atoms with Gasteiger partial charge in [-0.15, -0.1) is 0 Å². The lowest BCUT2D eigenvalue weighted by atomic mass is 10.1. The Labute approximate surface area is 162 Å². The van der Waals surface area contributed by atoms with Crippen LogP contribution < -0.4 is 19.6 Å². The van der Waals surface area contributed by atoms with Crippen LogP contribution >= 0.6 is 0 Å². The van der Waals surface area contributed by atoms with Crippen LogP contribution in [-0.2, 0) is 0 Å². The smallest absolute Gasteiger partial charge is 0.271 e. The molecular weight excluding hydrogens is 360 g/mol. The molecule has 3 rings (SSSR count). The van der Waals surface area contributed by atoms with Gasteiger partial charge in [0.1, 0.15) is 5.75 Å². The molecule has 0 bridgehead atoms. The SMILES string of the molecule is COc1cc(C(=O)N/N=C/c2ccc3ccccc3c2O)cc(OC)c1OC. The van der Waals surface area contributed by atoms with E-state index in [4.69, 9.17) is 14.2 Å². The largest absolute Gasteiger partial charge is 0.507 e. The minimum Gasteiger partial charge on any atom is -0.507 e. The molecule has 3 aromatic carbocycles. The first-order chi connectivity index (χ1) is 13.6. The lowest BCUT2D eigenvalue weighted by Gasteiger charge is -2.13. The average Bonchev–Trinajstić information content (AvgIpc) is 2.74. The summed E-state index contributed by atoms with van der Waals surface area (Å²) < 4.78 is 15.7. The van der Waals surface area contributed by atoms with Crippen LogP contribution in [-0.4, -0.2) is 38.6 Å². The van der Waals surface area contributed by atoms with E-state index in [-0.39, 0.29) is 11.3 Å². The minimum atomic E-state index is -0.462. The van der Waals surface area contributed by atoms with Gasteiger partial charge in [0.2, 0.25) is 5.75 Å². The zero-order chi connectivity index (χ0) is 20.1. The van der Waals surface area contributed by atoms with E-state index in [2.05, 4.69) is 10.5 Å². The van der Waals surface area contributed by atoms with Crippen molar-refractivity contribution in [2.75, 3.05) is 21.3 Å². The van der Waals surface area contributed by atoms with Crippen LogP contribution in [0.5, 0.6) is 23.0 Å². The Morgan fingerprint density at radius 2 is 1.68 bits per heavy atom. The second kappa shape index (κ2) is 8.30. The highest BCUT2D eigenvalue weighted by Gasteiger charge is 2.16. The number of nitrogens with zero attached hydrogens (tertiary/aromatic N) is 1. The molecule has 0 aliphatic heterocycles. The highest BCUT2D eigenvalue weighted by molar-refractivity contribution is 5.99. The summed E-state index contributed by atoms with van der Waals surface area (Å²) in [5.41, 5.74) is 3.21. The van der Waals surface area contributed by atoms with E-state index < -0.39 is 5.91 Å². The number of phenols is 1. The summed E-state index contributed by atoms with van der Waals surface area (Å²) in [7, 11) is 4.43. The first kappa shape index (κ1) is 19.0. The van der Waals surface area contributed by atoms with E-state index in [1.807, 2.05) is 30.3 Å². The molecule has 0 fully saturated rings. The van der Waals surface area contributed by atoms with Gasteiger partial charge in [-0.05, 0) is 23.6 Å². The number of hydrogen-bond acceptors (Lipinski definition) is 6. The zero-order valence-electron chi connectivity index (χ0n) is 15.7. The van der Waals surface area contributed by atoms with Crippen LogP contribution in [0.25, 0.3) is 10.8 Å². The first-order valence-electron chi connectivity index (χ1n) is 8.43. The van der Waals surface area contributed by atoms with Crippen molar-refractivity contribution >= 4 is 22.9 Å². The van der Waals surface area contributed by atoms with Gasteiger partial charge in [-0.3, -0.25) is 4.79 Å². The number of hydrazone groups is 1. The monoisotopic (exact) mass is 380 g/mol. The number of carbonyl (C=O) groups is 1. The van der Waals surface area contributed by atoms with Gasteiger partial charge in [0, 0.05) is 16.5 Å². The van der Waals surface area contributed by atoms with Crippen molar-refractivity contribution in [1.82, 2.24) is 5.43 Å². The molecule has 3 aromatic rings. The number of methoxy groups -OCH3 is 3. The normalized spacial score (nSPS) is 10.8. The molecule has 0 aliphatic carbocycles. The Kier molecular flexibility index (Phi) is 5.64. The summed E-state index contributed by atoms with van der Waals surface area (Å²) in [6, 6.07) is 14.1. The summed E-state index contributed by atoms with van der Waals surface area (Å²) >= 11 is 0. The van der Waals surface area contributed by atoms with Gasteiger partial charge in [0.15, 0.2) is 11.5 Å². The van der Waals surface area contributed by atoms with Gasteiger partial charge in [-0.1, -0.05) is 30.3 Å². The number of rotatable bonds is 6. The third kappa shape index (κ3) is 3.68. The average molecular weight is 380 g/mol. The molecule has 28 heavy (non-hydrogen) atoms. The van der Waals surface area contributed by atoms with E-state index in [0.29, 0.717) is 28.2 Å². The van der Waals surface area contributed by atoms with Crippen LogP contribution in [0.1, 0.15) is 15.9 Å². The lowest BCUT2D eigenvalue weighted by Crippen LogP contribution is -2.18. The van der Waals surface area contributed by atoms with Gasteiger partial charge in [0.05, 0.1) is 27.5 Å². The van der Waals surface area contributed by atoms with Crippen molar-refractivity contribution in [3.63, 3.8) is 0 Å². The summed E-state index contributed by atoms with van der Waals surface area (Å²) in [5.74, 6) is 0.761. The van der Waals surface area contributed by atoms with Crippen molar-refractivity contribution in [3.05, 3.63) is 59.7 Å². The molecule has 0 heterocycles. The highest BCUT2D eigenvalue weighted by atomic mass is 16.5. The maximum Gasteiger partial charge on any atom is 0.271 e. The van der Waals surface area contributed by atoms with Gasteiger partial charge in [-0.2, -0.15) is 5.10 Å². The molecule has 0 aliphatic rings. The summed E-state index contributed by atoms with van der Waals surface area (Å²) in [5, 5.41) is 15.9. The van der Waals surface area contributed by atoms with E-state index in [9.17, 15) is 9.90 Å². The van der Waals surface area contributed by atoms with Crippen molar-refractivity contribution in [1.29, 1.82) is 0 Å². The third-order valence-electron chi connectivity index (χ3n) is 4.23. The van der Waals surface area contributed by atoms with Crippen molar-refractivity contribution in [2.24, 2.45) is 5.10 Å². The molecule has 7 heteroatoms. The number of fused-ring (bicyclic) bond motifs is 1. The molecule has 0 unspecified atom stereocenters. The predicted molar refractivity (Wildman–Crippen MR) is 107 cm³/mol. The number of hydrogen-bond donors (Lipinski definition) is 2. The Morgan fingerprint density at radius 3 is 2.32 bits per heavy atom. The molecule has 0 aromatic heterocycles. The first-order valence-corrected chi connectivity index (χ1v) is 8.43. The Balaban J connectivity index is 1.81. The Hall–Kier alpha value is -3.74. The fraction of sp³-hybridized carbons (Fsp3) is 0.143. The maximum atomic E-state index is 12.4. The molecule has 2 N–H and O–H groups in total. The van der Waals surface area contributed by atoms with E-state index in [0.717, 1.165) is 5.39 Å². The third-order valence-corrected chi connectivity index (χ3v) is 4.23. The molecule has 0 atom stereocenters. The minimum absolute atomic E-state index is 0.101. The topological polar surface area (TPSA) is 89.4 Å². The molecule has 0 spiro atoms. The second-order valence-corrected chi connectivity index (χ2v) is 5.84. The van der Waals surface area contributed by atoms with Gasteiger partial charge < -0.3 is 19.3 Å². The van der Waals surface area contributed by atoms with Gasteiger partial charge >= 0.3 is 0 Å². The maximum absolute atomic E-state index is 12.4. The summed E-state index contributed by atoms with van der Waals surface area (Å²) in [6.07, 6.45) is 1.39. The number of ether oxygens (including phenoxy) is 3. The second-order valence-electron chi connectivity index (χ2n) is 5.84. The van der Waals surface area contributed by atoms with Gasteiger partial charge in [0.25, 0.3) is 5.91 Å². The predicted octanol–water partition coefficient (Wildman–Crippen LogP) is 3.34. The van der Waals surface area contributed by atoms with Crippen molar-refractivity contribution < 1.29 is 24.1 Å². The zero-order valence-corrected chi connectivity index (χ0v) is 15.7. The fourth-order valence-corrected chi connectivity index (χ4v) is 2.81. The van der Waals surface area contributed by atoms with Crippen molar-refractivity contribution in [3.8, 4) is 23.0 Å². The standard InChI is InChI=1S/C21H20N2O5/c1-26-17-10-15(11-18(27-2)20(17)28-3)21(25)23-22-12-14-9-8-13-6-4-5-7-16(13)19(14)24/h4-12,24H,1-3H3,(H,23,25)/b22-12+. The van der Waals surface area contributed by atoms with Crippen LogP contribution in [0, 0.1) is 0 Å². The molecule has 0 saturated carbocycles. The van der Waals surface area contributed by atoms with E-state index in [1.54, 1.807) is 6.07 Å². The molecule has 7 nitrogen and oxygen atoms in total. The van der Waals surface area contributed by atoms with Gasteiger partial charge in [-0.25, -0.2) is 5.43 Å². The van der Waals surface area contributed by atoms with Crippen LogP contribution in [0.15, 0.2) is 53.6 Å². The summed E-state index contributed by atoms with van der Waals surface area (Å²) in [4.78, 5) is 12.4. The molecule has 0 radical (unpaired) electrons. The van der Waals surface area contributed by atoms with Crippen LogP contribution in [0.2, 0.25) is 0 Å². The van der Waals surface area contributed by atoms with E-state index >= 15 is 0 Å². The lowest BCUT2D eigenvalue weighted by molar-refractivity contribution is 0.0954. The molecular formula is C21H20N2O5. The van der Waals surface area contributed by atoms with E-state index in [1.165, 1.54) is 39.7 Å². The number of aromatic hydroxyl groups is 1. The van der Waals surface area contributed by atoms with Crippen molar-refractivity contribution in [2.45, 2.75) is 0 Å². The molecule has 144 valence electrons. The Bertz CT molecular complexity index is 1020.